The summed E-state index contributed by atoms with van der Waals surface area (Å²) in [4.78, 5) is 16.4. The van der Waals surface area contributed by atoms with Gasteiger partial charge in [0.1, 0.15) is 6.34 Å². The van der Waals surface area contributed by atoms with Gasteiger partial charge in [0.25, 0.3) is 0 Å². The number of hydrogen-bond acceptors (Lipinski definition) is 3. The van der Waals surface area contributed by atoms with Crippen LogP contribution in [-0.2, 0) is 4.79 Å². The third-order valence-electron chi connectivity index (χ3n) is 5.36. The van der Waals surface area contributed by atoms with Crippen LogP contribution in [0.5, 0.6) is 0 Å². The molecule has 2 saturated carbocycles. The van der Waals surface area contributed by atoms with Crippen molar-refractivity contribution in [3.8, 4) is 0 Å². The molecule has 0 aromatic rings. The monoisotopic (exact) mass is 329 g/mol. The summed E-state index contributed by atoms with van der Waals surface area (Å²) in [7, 11) is 0. The molecule has 4 heteroatoms. The zero-order valence-corrected chi connectivity index (χ0v) is 14.7. The molecule has 132 valence electrons. The molecule has 0 spiro atoms. The highest BCUT2D eigenvalue weighted by molar-refractivity contribution is 6.44. The number of nitrogens with one attached hydrogen (secondary N) is 2. The van der Waals surface area contributed by atoms with E-state index < -0.39 is 0 Å². The summed E-state index contributed by atoms with van der Waals surface area (Å²) < 4.78 is 0. The standard InChI is InChI=1S/C20H31N3O/c21-15-23-19(13-7-10-16-8-3-1-4-9-16)20(24)14-18(22)17-11-5-2-6-12-17/h7,10,15-17,21-22H,1-6,8-9,11-14H2/b10-7+,21-15?,22-18?,23-19?. The van der Waals surface area contributed by atoms with Crippen molar-refractivity contribution in [2.75, 3.05) is 0 Å². The van der Waals surface area contributed by atoms with Crippen LogP contribution < -0.4 is 0 Å². The Balaban J connectivity index is 1.85. The molecule has 0 aliphatic heterocycles. The van der Waals surface area contributed by atoms with Crippen LogP contribution >= 0.6 is 0 Å². The van der Waals surface area contributed by atoms with Crippen LogP contribution in [0.3, 0.4) is 0 Å². The van der Waals surface area contributed by atoms with Crippen LogP contribution in [0.4, 0.5) is 0 Å². The van der Waals surface area contributed by atoms with E-state index in [1.807, 2.05) is 6.08 Å². The van der Waals surface area contributed by atoms with E-state index in [2.05, 4.69) is 11.1 Å². The van der Waals surface area contributed by atoms with Crippen molar-refractivity contribution in [2.24, 2.45) is 16.8 Å². The molecular formula is C20H31N3O. The molecule has 2 aliphatic carbocycles. The van der Waals surface area contributed by atoms with Gasteiger partial charge in [0, 0.05) is 12.1 Å². The van der Waals surface area contributed by atoms with Crippen LogP contribution in [0, 0.1) is 22.7 Å². The topological polar surface area (TPSA) is 77.1 Å². The predicted octanol–water partition coefficient (Wildman–Crippen LogP) is 5.12. The third kappa shape index (κ3) is 6.14. The summed E-state index contributed by atoms with van der Waals surface area (Å²) >= 11 is 0. The summed E-state index contributed by atoms with van der Waals surface area (Å²) in [6, 6.07) is 0. The summed E-state index contributed by atoms with van der Waals surface area (Å²) in [5.74, 6) is 0.833. The minimum Gasteiger partial charge on any atom is -0.309 e. The van der Waals surface area contributed by atoms with E-state index in [1.54, 1.807) is 0 Å². The van der Waals surface area contributed by atoms with Crippen molar-refractivity contribution < 1.29 is 4.79 Å². The molecule has 4 nitrogen and oxygen atoms in total. The van der Waals surface area contributed by atoms with Gasteiger partial charge in [-0.3, -0.25) is 10.2 Å². The second-order valence-corrected chi connectivity index (χ2v) is 7.20. The molecule has 2 fully saturated rings. The van der Waals surface area contributed by atoms with Crippen molar-refractivity contribution in [2.45, 2.75) is 77.0 Å². The van der Waals surface area contributed by atoms with Crippen molar-refractivity contribution in [1.29, 1.82) is 10.8 Å². The molecule has 0 bridgehead atoms. The summed E-state index contributed by atoms with van der Waals surface area (Å²) in [6.07, 6.45) is 18.0. The normalized spacial score (nSPS) is 21.1. The van der Waals surface area contributed by atoms with Gasteiger partial charge in [0.05, 0.1) is 12.1 Å². The van der Waals surface area contributed by atoms with E-state index >= 15 is 0 Å². The molecule has 0 aromatic heterocycles. The molecule has 0 heterocycles. The van der Waals surface area contributed by atoms with E-state index in [0.29, 0.717) is 23.8 Å². The predicted molar refractivity (Wildman–Crippen MR) is 100 cm³/mol. The number of nitrogens with zero attached hydrogens (tertiary/aromatic N) is 1. The van der Waals surface area contributed by atoms with Gasteiger partial charge in [0.2, 0.25) is 0 Å². The summed E-state index contributed by atoms with van der Waals surface area (Å²) in [5.41, 5.74) is 0.992. The Bertz CT molecular complexity index is 495. The lowest BCUT2D eigenvalue weighted by Gasteiger charge is -2.22. The first-order chi connectivity index (χ1) is 11.7. The molecule has 2 rings (SSSR count). The average Bonchev–Trinajstić information content (AvgIpc) is 2.62. The Morgan fingerprint density at radius 3 is 2.25 bits per heavy atom. The zero-order chi connectivity index (χ0) is 17.2. The third-order valence-corrected chi connectivity index (χ3v) is 5.36. The number of Topliss-reactive ketones (excluding diaryl/α,β-unsaturated/α-hetero) is 1. The lowest BCUT2D eigenvalue weighted by atomic mass is 9.83. The van der Waals surface area contributed by atoms with Crippen LogP contribution in [-0.4, -0.2) is 23.5 Å². The summed E-state index contributed by atoms with van der Waals surface area (Å²) in [5, 5.41) is 15.4. The Labute approximate surface area is 145 Å². The Hall–Kier alpha value is -1.58. The molecule has 2 N–H and O–H groups in total. The molecular weight excluding hydrogens is 298 g/mol. The van der Waals surface area contributed by atoms with Gasteiger partial charge in [-0.15, -0.1) is 0 Å². The van der Waals surface area contributed by atoms with E-state index in [-0.39, 0.29) is 18.1 Å². The number of allylic oxidation sites excluding steroid dienone is 2. The van der Waals surface area contributed by atoms with Crippen LogP contribution in [0.1, 0.15) is 77.0 Å². The van der Waals surface area contributed by atoms with E-state index in [4.69, 9.17) is 10.8 Å². The first kappa shape index (κ1) is 18.8. The quantitative estimate of drug-likeness (QED) is 0.362. The molecule has 0 unspecified atom stereocenters. The van der Waals surface area contributed by atoms with Gasteiger partial charge in [0.15, 0.2) is 5.78 Å². The Kier molecular flexibility index (Phi) is 8.06. The van der Waals surface area contributed by atoms with Crippen LogP contribution in [0.15, 0.2) is 17.1 Å². The number of aliphatic imine (C=N–C) groups is 1. The fraction of sp³-hybridized carbons (Fsp3) is 0.700. The second kappa shape index (κ2) is 10.3. The lowest BCUT2D eigenvalue weighted by Crippen LogP contribution is -2.24. The number of rotatable bonds is 8. The molecule has 0 atom stereocenters. The summed E-state index contributed by atoms with van der Waals surface area (Å²) in [6.45, 7) is 0. The molecule has 0 aromatic carbocycles. The van der Waals surface area contributed by atoms with Gasteiger partial charge < -0.3 is 5.41 Å². The molecule has 24 heavy (non-hydrogen) atoms. The van der Waals surface area contributed by atoms with E-state index in [0.717, 1.165) is 19.2 Å². The largest absolute Gasteiger partial charge is 0.309 e. The maximum Gasteiger partial charge on any atom is 0.182 e. The fourth-order valence-electron chi connectivity index (χ4n) is 3.89. The first-order valence-corrected chi connectivity index (χ1v) is 9.53. The van der Waals surface area contributed by atoms with Crippen LogP contribution in [0.2, 0.25) is 0 Å². The number of carbonyl (C=O) groups excluding carboxylic acids is 1. The van der Waals surface area contributed by atoms with Gasteiger partial charge in [-0.2, -0.15) is 0 Å². The van der Waals surface area contributed by atoms with Gasteiger partial charge in [-0.1, -0.05) is 50.7 Å². The smallest absolute Gasteiger partial charge is 0.182 e. The maximum absolute atomic E-state index is 12.5. The van der Waals surface area contributed by atoms with Gasteiger partial charge >= 0.3 is 0 Å². The van der Waals surface area contributed by atoms with Crippen LogP contribution in [0.25, 0.3) is 0 Å². The zero-order valence-electron chi connectivity index (χ0n) is 14.7. The highest BCUT2D eigenvalue weighted by atomic mass is 16.1. The van der Waals surface area contributed by atoms with E-state index in [9.17, 15) is 4.79 Å². The maximum atomic E-state index is 12.5. The van der Waals surface area contributed by atoms with Crippen molar-refractivity contribution in [1.82, 2.24) is 0 Å². The second-order valence-electron chi connectivity index (χ2n) is 7.20. The first-order valence-electron chi connectivity index (χ1n) is 9.53. The van der Waals surface area contributed by atoms with Gasteiger partial charge in [-0.05, 0) is 37.5 Å². The van der Waals surface area contributed by atoms with Crippen molar-refractivity contribution in [3.05, 3.63) is 12.2 Å². The molecule has 0 saturated heterocycles. The number of carbonyl (C=O) groups is 1. The Morgan fingerprint density at radius 2 is 1.62 bits per heavy atom. The fourth-order valence-corrected chi connectivity index (χ4v) is 3.89. The SMILES string of the molecule is N=CN=C(C/C=C/C1CCCCC1)C(=O)CC(=N)C1CCCCC1. The highest BCUT2D eigenvalue weighted by Crippen LogP contribution is 2.26. The van der Waals surface area contributed by atoms with Crippen molar-refractivity contribution >= 4 is 23.5 Å². The molecule has 2 aliphatic rings. The average molecular weight is 329 g/mol. The van der Waals surface area contributed by atoms with Crippen molar-refractivity contribution in [3.63, 3.8) is 0 Å². The van der Waals surface area contributed by atoms with Gasteiger partial charge in [-0.25, -0.2) is 4.99 Å². The molecule has 0 radical (unpaired) electrons. The minimum absolute atomic E-state index is 0.0811. The Morgan fingerprint density at radius 1 is 1.00 bits per heavy atom. The number of ketones is 1. The molecule has 0 amide bonds. The minimum atomic E-state index is -0.0811. The lowest BCUT2D eigenvalue weighted by molar-refractivity contribution is -0.112. The highest BCUT2D eigenvalue weighted by Gasteiger charge is 2.21. The number of hydrogen-bond donors (Lipinski definition) is 2. The van der Waals surface area contributed by atoms with E-state index in [1.165, 1.54) is 51.4 Å².